The van der Waals surface area contributed by atoms with Gasteiger partial charge < -0.3 is 19.6 Å². The lowest BCUT2D eigenvalue weighted by molar-refractivity contribution is -0.208. The molecule has 2 aliphatic heterocycles. The van der Waals surface area contributed by atoms with Gasteiger partial charge >= 0.3 is 5.69 Å². The first-order valence-electron chi connectivity index (χ1n) is 9.29. The van der Waals surface area contributed by atoms with Gasteiger partial charge in [-0.05, 0) is 37.5 Å². The summed E-state index contributed by atoms with van der Waals surface area (Å²) in [5, 5.41) is 0.0717. The maximum absolute atomic E-state index is 12.3. The van der Waals surface area contributed by atoms with Crippen molar-refractivity contribution in [2.45, 2.75) is 89.3 Å². The van der Waals surface area contributed by atoms with Crippen LogP contribution < -0.4 is 11.4 Å². The molecule has 0 aliphatic carbocycles. The van der Waals surface area contributed by atoms with Crippen LogP contribution in [-0.2, 0) is 13.9 Å². The fourth-order valence-corrected chi connectivity index (χ4v) is 4.99. The third-order valence-corrected chi connectivity index (χ3v) is 10.8. The van der Waals surface area contributed by atoms with Crippen molar-refractivity contribution in [3.8, 4) is 0 Å². The number of hydrogen-bond acceptors (Lipinski definition) is 6. The van der Waals surface area contributed by atoms with Gasteiger partial charge in [-0.15, -0.1) is 0 Å². The first-order valence-corrected chi connectivity index (χ1v) is 12.2. The van der Waals surface area contributed by atoms with E-state index in [1.807, 2.05) is 6.92 Å². The van der Waals surface area contributed by atoms with Crippen molar-refractivity contribution in [1.82, 2.24) is 9.55 Å². The second-order valence-corrected chi connectivity index (χ2v) is 13.7. The monoisotopic (exact) mass is 381 g/mol. The zero-order valence-corrected chi connectivity index (χ0v) is 17.8. The molecule has 2 N–H and O–H groups in total. The van der Waals surface area contributed by atoms with E-state index in [1.165, 1.54) is 4.57 Å². The van der Waals surface area contributed by atoms with Crippen molar-refractivity contribution in [3.05, 3.63) is 22.7 Å². The predicted octanol–water partition coefficient (Wildman–Crippen LogP) is 2.68. The van der Waals surface area contributed by atoms with Crippen molar-refractivity contribution in [2.75, 3.05) is 5.73 Å². The maximum atomic E-state index is 12.3. The molecule has 2 fully saturated rings. The number of hydrogen-bond donors (Lipinski definition) is 1. The largest absolute Gasteiger partial charge is 0.408 e. The molecule has 146 valence electrons. The number of anilines is 1. The number of nitrogens with two attached hydrogens (primary N) is 1. The number of aromatic nitrogens is 2. The van der Waals surface area contributed by atoms with Crippen molar-refractivity contribution >= 4 is 14.1 Å². The summed E-state index contributed by atoms with van der Waals surface area (Å²) in [6.45, 7) is 15.2. The molecule has 3 rings (SSSR count). The van der Waals surface area contributed by atoms with Gasteiger partial charge in [0.05, 0.1) is 6.10 Å². The minimum Gasteiger partial charge on any atom is -0.408 e. The fraction of sp³-hybridized carbons (Fsp3) is 0.778. The maximum Gasteiger partial charge on any atom is 0.351 e. The Hall–Kier alpha value is -1.22. The molecule has 2 bridgehead atoms. The van der Waals surface area contributed by atoms with Crippen LogP contribution in [-0.4, -0.2) is 41.8 Å². The van der Waals surface area contributed by atoms with Gasteiger partial charge in [-0.25, -0.2) is 4.79 Å². The average Bonchev–Trinajstić information content (AvgIpc) is 2.94. The fourth-order valence-electron chi connectivity index (χ4n) is 3.67. The molecule has 2 saturated heterocycles. The molecule has 7 nitrogen and oxygen atoms in total. The van der Waals surface area contributed by atoms with Crippen LogP contribution in [0.5, 0.6) is 0 Å². The Morgan fingerprint density at radius 3 is 2.62 bits per heavy atom. The zero-order valence-electron chi connectivity index (χ0n) is 16.8. The number of nitrogens with zero attached hydrogens (tertiary/aromatic N) is 2. The van der Waals surface area contributed by atoms with Gasteiger partial charge in [0.15, 0.2) is 14.5 Å². The molecular weight excluding hydrogens is 350 g/mol. The lowest BCUT2D eigenvalue weighted by Gasteiger charge is -2.41. The Bertz CT molecular complexity index is 745. The summed E-state index contributed by atoms with van der Waals surface area (Å²) in [6.07, 6.45) is 1.16. The zero-order chi connectivity index (χ0) is 19.5. The van der Waals surface area contributed by atoms with E-state index in [0.29, 0.717) is 0 Å². The highest BCUT2D eigenvalue weighted by Gasteiger charge is 2.67. The van der Waals surface area contributed by atoms with Gasteiger partial charge in [-0.1, -0.05) is 27.7 Å². The predicted molar refractivity (Wildman–Crippen MR) is 102 cm³/mol. The number of fused-ring (bicyclic) bond motifs is 2. The van der Waals surface area contributed by atoms with E-state index in [0.717, 1.165) is 6.42 Å². The first kappa shape index (κ1) is 19.5. The van der Waals surface area contributed by atoms with Crippen LogP contribution in [0.3, 0.4) is 0 Å². The molecule has 3 heterocycles. The van der Waals surface area contributed by atoms with Gasteiger partial charge in [0.2, 0.25) is 0 Å². The molecule has 8 heteroatoms. The summed E-state index contributed by atoms with van der Waals surface area (Å²) >= 11 is 0. The van der Waals surface area contributed by atoms with Gasteiger partial charge in [0, 0.05) is 6.20 Å². The Labute approximate surface area is 156 Å². The van der Waals surface area contributed by atoms with E-state index in [-0.39, 0.29) is 29.2 Å². The topological polar surface area (TPSA) is 88.6 Å². The van der Waals surface area contributed by atoms with E-state index in [1.54, 1.807) is 12.3 Å². The van der Waals surface area contributed by atoms with E-state index < -0.39 is 25.8 Å². The first-order chi connectivity index (χ1) is 11.9. The molecule has 0 spiro atoms. The van der Waals surface area contributed by atoms with Crippen molar-refractivity contribution in [3.63, 3.8) is 0 Å². The summed E-state index contributed by atoms with van der Waals surface area (Å²) in [6, 6.07) is 1.60. The number of nitrogen functional groups attached to an aromatic ring is 1. The van der Waals surface area contributed by atoms with Crippen LogP contribution in [0.25, 0.3) is 0 Å². The van der Waals surface area contributed by atoms with Gasteiger partial charge in [-0.3, -0.25) is 4.57 Å². The van der Waals surface area contributed by atoms with Crippen LogP contribution >= 0.6 is 0 Å². The minimum atomic E-state index is -2.04. The Morgan fingerprint density at radius 1 is 1.42 bits per heavy atom. The van der Waals surface area contributed by atoms with Crippen LogP contribution in [0.2, 0.25) is 18.1 Å². The van der Waals surface area contributed by atoms with Crippen LogP contribution in [0.15, 0.2) is 17.1 Å². The van der Waals surface area contributed by atoms with E-state index in [4.69, 9.17) is 19.6 Å². The Kier molecular flexibility index (Phi) is 4.62. The van der Waals surface area contributed by atoms with E-state index >= 15 is 0 Å². The van der Waals surface area contributed by atoms with Crippen LogP contribution in [0.1, 0.15) is 47.3 Å². The SMILES string of the molecule is CC[C@]12O[C@@H](n3ccc(N)nc3=O)[C@H](O[C@@H]1C)[C@@H]2O[Si](C)(C)C(C)(C)C. The quantitative estimate of drug-likeness (QED) is 0.807. The summed E-state index contributed by atoms with van der Waals surface area (Å²) in [4.78, 5) is 16.2. The average molecular weight is 382 g/mol. The number of ether oxygens (including phenoxy) is 2. The minimum absolute atomic E-state index is 0.0717. The summed E-state index contributed by atoms with van der Waals surface area (Å²) in [5.74, 6) is 0.197. The third-order valence-electron chi connectivity index (χ3n) is 6.36. The lowest BCUT2D eigenvalue weighted by Crippen LogP contribution is -2.52. The molecule has 26 heavy (non-hydrogen) atoms. The summed E-state index contributed by atoms with van der Waals surface area (Å²) in [5.41, 5.74) is 4.62. The van der Waals surface area contributed by atoms with E-state index in [9.17, 15) is 4.79 Å². The highest BCUT2D eigenvalue weighted by Crippen LogP contribution is 2.53. The molecular formula is C18H31N3O4Si. The molecule has 0 saturated carbocycles. The van der Waals surface area contributed by atoms with Gasteiger partial charge in [0.25, 0.3) is 0 Å². The standard InChI is InChI=1S/C18H31N3O4Si/c1-8-18-11(2)23-13(14(18)25-26(6,7)17(3,4)5)15(24-18)21-10-9-12(19)20-16(21)22/h9-11,13-15H,8H2,1-7H3,(H2,19,20,22)/t11-,13-,14+,15-,18+/m1/s1. The number of rotatable bonds is 4. The Morgan fingerprint density at radius 2 is 2.08 bits per heavy atom. The molecule has 2 aliphatic rings. The smallest absolute Gasteiger partial charge is 0.351 e. The Balaban J connectivity index is 1.99. The van der Waals surface area contributed by atoms with Gasteiger partial charge in [0.1, 0.15) is 23.6 Å². The van der Waals surface area contributed by atoms with Crippen molar-refractivity contribution < 1.29 is 13.9 Å². The highest BCUT2D eigenvalue weighted by molar-refractivity contribution is 6.74. The van der Waals surface area contributed by atoms with Crippen molar-refractivity contribution in [2.24, 2.45) is 0 Å². The van der Waals surface area contributed by atoms with E-state index in [2.05, 4.69) is 45.8 Å². The molecule has 5 atom stereocenters. The molecule has 0 amide bonds. The molecule has 0 aromatic carbocycles. The second-order valence-electron chi connectivity index (χ2n) is 8.90. The molecule has 0 unspecified atom stereocenters. The molecule has 1 aromatic heterocycles. The third kappa shape index (κ3) is 2.83. The van der Waals surface area contributed by atoms with Crippen molar-refractivity contribution in [1.29, 1.82) is 0 Å². The van der Waals surface area contributed by atoms with Crippen LogP contribution in [0, 0.1) is 0 Å². The second kappa shape index (κ2) is 6.15. The lowest BCUT2D eigenvalue weighted by atomic mass is 9.91. The summed E-state index contributed by atoms with van der Waals surface area (Å²) < 4.78 is 20.9. The van der Waals surface area contributed by atoms with Gasteiger partial charge in [-0.2, -0.15) is 4.98 Å². The summed E-state index contributed by atoms with van der Waals surface area (Å²) in [7, 11) is -2.04. The highest BCUT2D eigenvalue weighted by atomic mass is 28.4. The molecule has 0 radical (unpaired) electrons. The van der Waals surface area contributed by atoms with Crippen LogP contribution in [0.4, 0.5) is 5.82 Å². The molecule has 1 aromatic rings. The normalized spacial score (nSPS) is 34.4.